The van der Waals surface area contributed by atoms with Gasteiger partial charge in [0.05, 0.1) is 79.3 Å². The molecule has 0 radical (unpaired) electrons. The van der Waals surface area contributed by atoms with E-state index in [-0.39, 0.29) is 249 Å². The first-order chi connectivity index (χ1) is 68.8. The third kappa shape index (κ3) is 78.0. The molecular weight excluding hydrogens is 1860 g/mol. The molecule has 0 aromatic heterocycles. The van der Waals surface area contributed by atoms with Crippen LogP contribution in [0.1, 0.15) is 334 Å². The number of hydrogen-bond acceptors (Lipinski definition) is 25. The molecule has 0 heterocycles. The van der Waals surface area contributed by atoms with Crippen LogP contribution < -0.4 is 63.6 Å². The summed E-state index contributed by atoms with van der Waals surface area (Å²) < 4.78 is 43.5. The summed E-state index contributed by atoms with van der Waals surface area (Å²) in [6.07, 6.45) is 42.8. The predicted molar refractivity (Wildman–Crippen MR) is 535 cm³/mol. The van der Waals surface area contributed by atoms with Crippen LogP contribution in [-0.4, -0.2) is 303 Å². The van der Waals surface area contributed by atoms with E-state index in [0.717, 1.165) is 103 Å². The molecule has 5 atom stereocenters. The Morgan fingerprint density at radius 1 is 0.232 bits per heavy atom. The lowest BCUT2D eigenvalue weighted by Gasteiger charge is -2.28. The zero-order valence-electron chi connectivity index (χ0n) is 85.0. The molecule has 2 aliphatic carbocycles. The molecule has 0 spiro atoms. The van der Waals surface area contributed by atoms with Gasteiger partial charge in [0, 0.05) is 103 Å². The third-order valence-corrected chi connectivity index (χ3v) is 25.5. The van der Waals surface area contributed by atoms with E-state index in [1.165, 1.54) is 116 Å². The summed E-state index contributed by atoms with van der Waals surface area (Å²) in [5, 5.41) is 79.3. The number of ether oxygens (including phenoxy) is 8. The molecule has 2 rings (SSSR count). The van der Waals surface area contributed by atoms with Crippen molar-refractivity contribution in [1.29, 1.82) is 0 Å². The molecule has 0 aliphatic heterocycles. The quantitative estimate of drug-likeness (QED) is 0.0200. The lowest BCUT2D eigenvalue weighted by Crippen LogP contribution is -2.48. The fourth-order valence-corrected chi connectivity index (χ4v) is 16.8. The van der Waals surface area contributed by atoms with Crippen LogP contribution in [0.4, 0.5) is 0 Å². The van der Waals surface area contributed by atoms with Crippen LogP contribution in [0.5, 0.6) is 0 Å². The minimum absolute atomic E-state index is 0.0183. The van der Waals surface area contributed by atoms with Gasteiger partial charge in [0.1, 0.15) is 50.6 Å². The van der Waals surface area contributed by atoms with Gasteiger partial charge >= 0.3 is 29.8 Å². The Bertz CT molecular complexity index is 3440. The number of amides is 11. The Labute approximate surface area is 843 Å². The maximum atomic E-state index is 13.3. The molecule has 0 bridgehead atoms. The molecule has 0 aromatic rings. The number of hydrogen-bond donors (Lipinski definition) is 17. The van der Waals surface area contributed by atoms with Gasteiger partial charge in [-0.05, 0) is 140 Å². The normalized spacial score (nSPS) is 15.4. The molecule has 2 aliphatic rings. The molecule has 11 amide bonds. The smallest absolute Gasteiger partial charge is 0.326 e. The third-order valence-electron chi connectivity index (χ3n) is 25.1. The highest BCUT2D eigenvalue weighted by atomic mass is 31.0. The molecular formula is C100H179N12O29P. The Hall–Kier alpha value is -8.41. The van der Waals surface area contributed by atoms with Crippen LogP contribution >= 0.6 is 9.39 Å². The number of carboxylic acid groups (broad SMARTS) is 5. The standard InChI is InChI=1S/C100H179N12O29P/c113-85(37-27-23-19-15-11-7-3-1-2-4-9-13-17-21-25-29-39-93(121)122)107-71-77-41-45-79(46-42-77)95(125)110-82(98(128)129)49-51-87(115)102-55-59-134-63-68-139-74-90(118)104-57-61-136-65-67-138-73-89(117)101-53-33-31-35-81(97(127)106-54-34-32-36-84(112-142)100(132)133)109-92(120)76-141-70-66-137-62-58-105-91(119)75-140-69-64-135-60-56-103-88(116)52-50-83(99(130)131)111-96(126)80-47-43-78(44-48-80)72-108-86(114)38-28-24-20-16-12-8-5-6-10-14-18-22-26-30-40-94(123)124/h77-84,112H,1-76,142H2,(H,101,117)(H,102,115)(H,103,116)(H,104,118)(H,105,119)(H,106,127)(H,107,113)(H,108,114)(H,109,120)(H,110,125)(H,111,126)(H,121,122)(H,123,124)(H,128,129)(H,130,131)(H,132,133)/t77-,78-,79-,80-,81-,82-,83-,84-/m0/s1. The van der Waals surface area contributed by atoms with Gasteiger partial charge in [-0.3, -0.25) is 72.2 Å². The van der Waals surface area contributed by atoms with E-state index in [2.05, 4.69) is 73.0 Å². The van der Waals surface area contributed by atoms with Crippen molar-refractivity contribution in [2.45, 2.75) is 358 Å². The molecule has 42 heteroatoms. The molecule has 818 valence electrons. The number of aliphatic carboxylic acids is 5. The largest absolute Gasteiger partial charge is 0.481 e. The van der Waals surface area contributed by atoms with Gasteiger partial charge in [0.15, 0.2) is 0 Å². The van der Waals surface area contributed by atoms with Crippen molar-refractivity contribution in [3.05, 3.63) is 0 Å². The molecule has 2 saturated carbocycles. The highest BCUT2D eigenvalue weighted by molar-refractivity contribution is 7.13. The number of carbonyl (C=O) groups excluding carboxylic acids is 11. The van der Waals surface area contributed by atoms with Crippen LogP contribution in [0.3, 0.4) is 0 Å². The summed E-state index contributed by atoms with van der Waals surface area (Å²) in [6.45, 7) is 2.40. The summed E-state index contributed by atoms with van der Waals surface area (Å²) in [5.74, 6) is -8.74. The molecule has 2 fully saturated rings. The Morgan fingerprint density at radius 2 is 0.493 bits per heavy atom. The molecule has 17 N–H and O–H groups in total. The number of carbonyl (C=O) groups is 16. The predicted octanol–water partition coefficient (Wildman–Crippen LogP) is 8.45. The molecule has 0 aromatic carbocycles. The van der Waals surface area contributed by atoms with E-state index in [0.29, 0.717) is 83.7 Å². The maximum Gasteiger partial charge on any atom is 0.326 e. The Balaban J connectivity index is 1.46. The van der Waals surface area contributed by atoms with E-state index >= 15 is 0 Å². The Morgan fingerprint density at radius 3 is 0.796 bits per heavy atom. The van der Waals surface area contributed by atoms with Gasteiger partial charge in [-0.25, -0.2) is 9.59 Å². The van der Waals surface area contributed by atoms with Crippen molar-refractivity contribution in [3.63, 3.8) is 0 Å². The number of carboxylic acids is 5. The lowest BCUT2D eigenvalue weighted by molar-refractivity contribution is -0.143. The van der Waals surface area contributed by atoms with Gasteiger partial charge in [-0.2, -0.15) is 0 Å². The minimum Gasteiger partial charge on any atom is -0.481 e. The van der Waals surface area contributed by atoms with E-state index in [1.54, 1.807) is 0 Å². The number of rotatable bonds is 98. The second-order valence-corrected chi connectivity index (χ2v) is 37.5. The van der Waals surface area contributed by atoms with Crippen LogP contribution in [0, 0.1) is 23.7 Å². The van der Waals surface area contributed by atoms with Crippen molar-refractivity contribution >= 4 is 104 Å². The van der Waals surface area contributed by atoms with Crippen LogP contribution in [0.2, 0.25) is 0 Å². The number of unbranched alkanes of at least 4 members (excludes halogenated alkanes) is 30. The van der Waals surface area contributed by atoms with Gasteiger partial charge in [0.25, 0.3) is 0 Å². The fourth-order valence-electron chi connectivity index (χ4n) is 16.5. The van der Waals surface area contributed by atoms with E-state index in [1.807, 2.05) is 0 Å². The van der Waals surface area contributed by atoms with Crippen LogP contribution in [0.15, 0.2) is 0 Å². The van der Waals surface area contributed by atoms with Gasteiger partial charge < -0.3 is 122 Å². The van der Waals surface area contributed by atoms with Gasteiger partial charge in [0.2, 0.25) is 65.0 Å². The van der Waals surface area contributed by atoms with E-state index in [9.17, 15) is 92.0 Å². The SMILES string of the molecule is O=C(O)CCCCCCCCCCCCCCCCCCC(=O)NC[C@H]1CC[C@H](C(=O)N[C@@H](CCC(=O)NCCOCCOCC(=O)NCCOCCOCC(=O)NCCCC[C@H](NC(=O)COCCOCCNC(=O)COCCOCCNC(=O)CC[C@H](NC(=O)[C@H]2CC[C@H](CNC(=O)CCCCCCCCCCCCCCCCC(=O)O)CC2)C(=O)O)C(=O)NCCCC[C@H](NP)C(=O)O)C(=O)O)CC1. The van der Waals surface area contributed by atoms with Gasteiger partial charge in [-0.1, -0.05) is 176 Å². The first kappa shape index (κ1) is 130. The summed E-state index contributed by atoms with van der Waals surface area (Å²) in [6, 6.07) is -4.19. The zero-order valence-corrected chi connectivity index (χ0v) is 86.1. The summed E-state index contributed by atoms with van der Waals surface area (Å²) in [7, 11) is 2.18. The van der Waals surface area contributed by atoms with E-state index in [4.69, 9.17) is 48.1 Å². The summed E-state index contributed by atoms with van der Waals surface area (Å²) >= 11 is 0. The molecule has 1 unspecified atom stereocenters. The number of nitrogens with one attached hydrogen (secondary N) is 12. The van der Waals surface area contributed by atoms with Crippen molar-refractivity contribution in [2.24, 2.45) is 23.7 Å². The molecule has 0 saturated heterocycles. The van der Waals surface area contributed by atoms with Crippen LogP contribution in [0.25, 0.3) is 0 Å². The minimum atomic E-state index is -1.24. The topological polar surface area (TPSA) is 592 Å². The average molecular weight is 2040 g/mol. The highest BCUT2D eigenvalue weighted by Gasteiger charge is 2.33. The zero-order chi connectivity index (χ0) is 104. The van der Waals surface area contributed by atoms with Crippen LogP contribution in [-0.2, 0) is 115 Å². The fraction of sp³-hybridized carbons (Fsp3) is 0.840. The Kier molecular flexibility index (Phi) is 82.3. The van der Waals surface area contributed by atoms with Crippen molar-refractivity contribution in [1.82, 2.24) is 63.6 Å². The van der Waals surface area contributed by atoms with Crippen molar-refractivity contribution in [3.8, 4) is 0 Å². The van der Waals surface area contributed by atoms with Gasteiger partial charge in [-0.15, -0.1) is 0 Å². The first-order valence-electron chi connectivity index (χ1n) is 53.0. The average Bonchev–Trinajstić information content (AvgIpc) is 0.871. The first-order valence-corrected chi connectivity index (χ1v) is 53.6. The lowest BCUT2D eigenvalue weighted by atomic mass is 9.81. The highest BCUT2D eigenvalue weighted by Crippen LogP contribution is 2.31. The molecule has 41 nitrogen and oxygen atoms in total. The summed E-state index contributed by atoms with van der Waals surface area (Å²) in [4.78, 5) is 196. The van der Waals surface area contributed by atoms with Crippen molar-refractivity contribution < 1.29 is 140 Å². The monoisotopic (exact) mass is 2040 g/mol. The molecule has 142 heavy (non-hydrogen) atoms. The second kappa shape index (κ2) is 90.1. The van der Waals surface area contributed by atoms with Crippen molar-refractivity contribution in [2.75, 3.05) is 158 Å². The maximum absolute atomic E-state index is 13.3. The summed E-state index contributed by atoms with van der Waals surface area (Å²) in [5.41, 5.74) is 0. The van der Waals surface area contributed by atoms with E-state index < -0.39 is 83.5 Å². The second-order valence-electron chi connectivity index (χ2n) is 37.2.